The molecule has 0 spiro atoms. The summed E-state index contributed by atoms with van der Waals surface area (Å²) in [6, 6.07) is 8.13. The number of nitrogens with zero attached hydrogens (tertiary/aromatic N) is 2. The number of amides is 1. The molecule has 5 nitrogen and oxygen atoms in total. The number of carbonyl (C=O) groups is 1. The van der Waals surface area contributed by atoms with E-state index in [1.165, 1.54) is 24.2 Å². The van der Waals surface area contributed by atoms with E-state index in [0.29, 0.717) is 0 Å². The maximum atomic E-state index is 12.6. The van der Waals surface area contributed by atoms with Gasteiger partial charge in [-0.15, -0.1) is 0 Å². The van der Waals surface area contributed by atoms with Crippen LogP contribution in [0.25, 0.3) is 0 Å². The van der Waals surface area contributed by atoms with Crippen molar-refractivity contribution in [3.05, 3.63) is 29.8 Å². The molecule has 6 heteroatoms. The van der Waals surface area contributed by atoms with Gasteiger partial charge >= 0.3 is 0 Å². The van der Waals surface area contributed by atoms with Crippen molar-refractivity contribution in [3.8, 4) is 0 Å². The Hall–Kier alpha value is -1.69. The van der Waals surface area contributed by atoms with E-state index in [9.17, 15) is 4.79 Å². The van der Waals surface area contributed by atoms with Gasteiger partial charge < -0.3 is 15.5 Å². The lowest BCUT2D eigenvalue weighted by Crippen LogP contribution is -2.44. The normalized spacial score (nSPS) is 22.8. The predicted molar refractivity (Wildman–Crippen MR) is 107 cm³/mol. The largest absolute Gasteiger partial charge is 0.357 e. The number of carbonyl (C=O) groups excluding carboxylic acids is 1. The molecule has 1 aromatic rings. The summed E-state index contributed by atoms with van der Waals surface area (Å²) in [5.74, 6) is 2.03. The number of benzene rings is 1. The second-order valence-corrected chi connectivity index (χ2v) is 8.56. The van der Waals surface area contributed by atoms with Gasteiger partial charge in [0, 0.05) is 30.1 Å². The van der Waals surface area contributed by atoms with Crippen molar-refractivity contribution >= 4 is 29.3 Å². The van der Waals surface area contributed by atoms with Gasteiger partial charge in [0.1, 0.15) is 6.54 Å². The molecule has 25 heavy (non-hydrogen) atoms. The van der Waals surface area contributed by atoms with Crippen molar-refractivity contribution in [2.45, 2.75) is 37.9 Å². The Bertz CT molecular complexity index is 640. The molecule has 0 saturated carbocycles. The van der Waals surface area contributed by atoms with Gasteiger partial charge in [0.15, 0.2) is 5.96 Å². The molecular formula is C19H28N4OS. The highest BCUT2D eigenvalue weighted by Gasteiger charge is 2.29. The van der Waals surface area contributed by atoms with Crippen LogP contribution in [-0.2, 0) is 11.2 Å². The zero-order valence-corrected chi connectivity index (χ0v) is 16.0. The van der Waals surface area contributed by atoms with E-state index in [1.54, 1.807) is 0 Å². The lowest BCUT2D eigenvalue weighted by molar-refractivity contribution is -0.117. The zero-order chi connectivity index (χ0) is 17.7. The minimum Gasteiger partial charge on any atom is -0.357 e. The fourth-order valence-electron chi connectivity index (χ4n) is 3.42. The molecule has 2 N–H and O–H groups in total. The van der Waals surface area contributed by atoms with Crippen LogP contribution in [0, 0.1) is 0 Å². The number of guanidine groups is 1. The third-order valence-corrected chi connectivity index (χ3v) is 6.37. The first kappa shape index (κ1) is 18.1. The first-order valence-corrected chi connectivity index (χ1v) is 10.1. The minimum atomic E-state index is 0.0589. The van der Waals surface area contributed by atoms with E-state index in [1.807, 2.05) is 41.8 Å². The lowest BCUT2D eigenvalue weighted by atomic mass is 10.1. The Morgan fingerprint density at radius 3 is 2.96 bits per heavy atom. The molecule has 1 fully saturated rings. The van der Waals surface area contributed by atoms with Crippen LogP contribution < -0.4 is 15.5 Å². The summed E-state index contributed by atoms with van der Waals surface area (Å²) in [4.78, 5) is 19.0. The molecule has 136 valence electrons. The number of aliphatic imine (C=N–C) groups is 1. The highest BCUT2D eigenvalue weighted by atomic mass is 32.2. The molecule has 0 aliphatic carbocycles. The first-order chi connectivity index (χ1) is 12.1. The summed E-state index contributed by atoms with van der Waals surface area (Å²) in [6.07, 6.45) is 3.44. The number of hydrogen-bond acceptors (Lipinski definition) is 3. The third-order valence-electron chi connectivity index (χ3n) is 4.84. The zero-order valence-electron chi connectivity index (χ0n) is 15.2. The smallest absolute Gasteiger partial charge is 0.248 e. The van der Waals surface area contributed by atoms with Crippen molar-refractivity contribution in [2.75, 3.05) is 36.8 Å². The van der Waals surface area contributed by atoms with Crippen LogP contribution >= 0.6 is 11.8 Å². The van der Waals surface area contributed by atoms with E-state index >= 15 is 0 Å². The highest BCUT2D eigenvalue weighted by molar-refractivity contribution is 8.00. The third kappa shape index (κ3) is 4.48. The molecule has 1 aromatic carbocycles. The highest BCUT2D eigenvalue weighted by Crippen LogP contribution is 2.36. The standard InChI is InChI=1S/C19H28N4OS/c1-3-20-18(22-14-19(2)10-6-12-25-19)21-13-17(24)23-11-9-15-7-4-5-8-16(15)23/h4-5,7-8H,3,6,9-14H2,1-2H3,(H2,20,21,22). The van der Waals surface area contributed by atoms with Crippen molar-refractivity contribution in [1.29, 1.82) is 0 Å². The summed E-state index contributed by atoms with van der Waals surface area (Å²) < 4.78 is 0.272. The van der Waals surface area contributed by atoms with Gasteiger partial charge in [0.05, 0.1) is 0 Å². The number of anilines is 1. The van der Waals surface area contributed by atoms with Crippen molar-refractivity contribution in [1.82, 2.24) is 10.6 Å². The summed E-state index contributed by atoms with van der Waals surface area (Å²) in [5.41, 5.74) is 2.28. The number of rotatable bonds is 5. The Labute approximate surface area is 154 Å². The second kappa shape index (κ2) is 8.13. The fourth-order valence-corrected chi connectivity index (χ4v) is 4.66. The van der Waals surface area contributed by atoms with Gasteiger partial charge in [-0.05, 0) is 50.5 Å². The van der Waals surface area contributed by atoms with Crippen LogP contribution in [0.15, 0.2) is 29.3 Å². The molecule has 1 saturated heterocycles. The maximum absolute atomic E-state index is 12.6. The number of para-hydroxylation sites is 1. The van der Waals surface area contributed by atoms with Gasteiger partial charge in [0.25, 0.3) is 0 Å². The van der Waals surface area contributed by atoms with Crippen LogP contribution in [0.5, 0.6) is 0 Å². The van der Waals surface area contributed by atoms with Gasteiger partial charge in [-0.3, -0.25) is 4.79 Å². The monoisotopic (exact) mass is 360 g/mol. The Morgan fingerprint density at radius 2 is 2.20 bits per heavy atom. The molecule has 0 bridgehead atoms. The van der Waals surface area contributed by atoms with Crippen molar-refractivity contribution in [3.63, 3.8) is 0 Å². The molecule has 1 unspecified atom stereocenters. The summed E-state index contributed by atoms with van der Waals surface area (Å²) in [5, 5.41) is 6.66. The first-order valence-electron chi connectivity index (χ1n) is 9.16. The predicted octanol–water partition coefficient (Wildman–Crippen LogP) is 2.42. The summed E-state index contributed by atoms with van der Waals surface area (Å²) in [6.45, 7) is 6.94. The SMILES string of the molecule is CCNC(=NCC(=O)N1CCc2ccccc21)NCC1(C)CCCS1. The molecule has 3 rings (SSSR count). The van der Waals surface area contributed by atoms with Crippen LogP contribution in [0.1, 0.15) is 32.3 Å². The lowest BCUT2D eigenvalue weighted by Gasteiger charge is -2.24. The second-order valence-electron chi connectivity index (χ2n) is 6.87. The molecule has 0 aromatic heterocycles. The van der Waals surface area contributed by atoms with E-state index in [2.05, 4.69) is 28.6 Å². The van der Waals surface area contributed by atoms with E-state index < -0.39 is 0 Å². The number of nitrogens with one attached hydrogen (secondary N) is 2. The topological polar surface area (TPSA) is 56.7 Å². The van der Waals surface area contributed by atoms with Gasteiger partial charge in [-0.2, -0.15) is 11.8 Å². The van der Waals surface area contributed by atoms with Crippen molar-refractivity contribution in [2.24, 2.45) is 4.99 Å². The molecule has 2 aliphatic rings. The fraction of sp³-hybridized carbons (Fsp3) is 0.579. The van der Waals surface area contributed by atoms with E-state index in [0.717, 1.165) is 37.7 Å². The number of fused-ring (bicyclic) bond motifs is 1. The van der Waals surface area contributed by atoms with Crippen LogP contribution in [-0.4, -0.2) is 48.5 Å². The molecule has 1 amide bonds. The minimum absolute atomic E-state index is 0.0589. The summed E-state index contributed by atoms with van der Waals surface area (Å²) in [7, 11) is 0. The number of thioether (sulfide) groups is 1. The van der Waals surface area contributed by atoms with E-state index in [-0.39, 0.29) is 17.2 Å². The van der Waals surface area contributed by atoms with Gasteiger partial charge in [-0.1, -0.05) is 18.2 Å². The van der Waals surface area contributed by atoms with Gasteiger partial charge in [0.2, 0.25) is 5.91 Å². The quantitative estimate of drug-likeness (QED) is 0.625. The Morgan fingerprint density at radius 1 is 1.36 bits per heavy atom. The van der Waals surface area contributed by atoms with E-state index in [4.69, 9.17) is 0 Å². The average Bonchev–Trinajstić information content (AvgIpc) is 3.24. The molecule has 2 aliphatic heterocycles. The molecule has 0 radical (unpaired) electrons. The van der Waals surface area contributed by atoms with Crippen molar-refractivity contribution < 1.29 is 4.79 Å². The van der Waals surface area contributed by atoms with Crippen LogP contribution in [0.3, 0.4) is 0 Å². The summed E-state index contributed by atoms with van der Waals surface area (Å²) >= 11 is 2.02. The maximum Gasteiger partial charge on any atom is 0.248 e. The van der Waals surface area contributed by atoms with Crippen LogP contribution in [0.4, 0.5) is 5.69 Å². The molecule has 1 atom stereocenters. The molecular weight excluding hydrogens is 332 g/mol. The molecule has 2 heterocycles. The van der Waals surface area contributed by atoms with Gasteiger partial charge in [-0.25, -0.2) is 4.99 Å². The Kier molecular flexibility index (Phi) is 5.89. The Balaban J connectivity index is 1.58. The van der Waals surface area contributed by atoms with Crippen LogP contribution in [0.2, 0.25) is 0 Å². The number of hydrogen-bond donors (Lipinski definition) is 2. The average molecular weight is 361 g/mol.